The Hall–Kier alpha value is -2.51. The maximum Gasteiger partial charge on any atom is 0.319 e. The molecule has 1 atom stereocenters. The summed E-state index contributed by atoms with van der Waals surface area (Å²) in [6.07, 6.45) is 6.45. The van der Waals surface area contributed by atoms with Gasteiger partial charge in [0.25, 0.3) is 0 Å². The summed E-state index contributed by atoms with van der Waals surface area (Å²) in [6, 6.07) is 5.24. The Bertz CT molecular complexity index is 1070. The van der Waals surface area contributed by atoms with Crippen molar-refractivity contribution in [2.45, 2.75) is 71.4 Å². The number of hydrogen-bond acceptors (Lipinski definition) is 4. The van der Waals surface area contributed by atoms with Crippen LogP contribution in [0.25, 0.3) is 11.3 Å². The van der Waals surface area contributed by atoms with Crippen LogP contribution >= 0.6 is 11.6 Å². The molecule has 0 saturated carbocycles. The third-order valence-electron chi connectivity index (χ3n) is 5.74. The molecule has 1 unspecified atom stereocenters. The lowest BCUT2D eigenvalue weighted by Gasteiger charge is -2.32. The SMILES string of the molecule is CCCCC1Cc2cc(OCCCOC)c(Cl)cc2-c2cc(=O)c(NC(=O)NC(C)(C)C)cn21. The second-order valence-electron chi connectivity index (χ2n) is 9.81. The summed E-state index contributed by atoms with van der Waals surface area (Å²) >= 11 is 6.55. The van der Waals surface area contributed by atoms with Gasteiger partial charge in [-0.2, -0.15) is 0 Å². The summed E-state index contributed by atoms with van der Waals surface area (Å²) in [7, 11) is 1.67. The van der Waals surface area contributed by atoms with Gasteiger partial charge in [0, 0.05) is 49.5 Å². The van der Waals surface area contributed by atoms with Crippen LogP contribution in [-0.4, -0.2) is 36.5 Å². The highest BCUT2D eigenvalue weighted by Gasteiger charge is 2.26. The van der Waals surface area contributed by atoms with Crippen molar-refractivity contribution in [3.63, 3.8) is 0 Å². The molecule has 1 aromatic heterocycles. The first-order chi connectivity index (χ1) is 16.1. The molecule has 2 amide bonds. The van der Waals surface area contributed by atoms with Crippen LogP contribution in [0.4, 0.5) is 10.5 Å². The monoisotopic (exact) mass is 489 g/mol. The zero-order chi connectivity index (χ0) is 24.9. The summed E-state index contributed by atoms with van der Waals surface area (Å²) in [5.74, 6) is 0.652. The molecule has 8 heteroatoms. The fraction of sp³-hybridized carbons (Fsp3) is 0.538. The Kier molecular flexibility index (Phi) is 8.66. The number of fused-ring (bicyclic) bond motifs is 3. The number of urea groups is 1. The van der Waals surface area contributed by atoms with Crippen molar-refractivity contribution in [3.05, 3.63) is 45.2 Å². The van der Waals surface area contributed by atoms with Gasteiger partial charge in [-0.05, 0) is 51.3 Å². The van der Waals surface area contributed by atoms with Crippen molar-refractivity contribution in [1.29, 1.82) is 0 Å². The molecule has 2 aromatic rings. The Balaban J connectivity index is 1.97. The molecular weight excluding hydrogens is 454 g/mol. The molecule has 0 aliphatic carbocycles. The van der Waals surface area contributed by atoms with E-state index in [1.54, 1.807) is 19.4 Å². The van der Waals surface area contributed by atoms with Crippen LogP contribution in [0, 0.1) is 0 Å². The van der Waals surface area contributed by atoms with Crippen LogP contribution in [0.15, 0.2) is 29.2 Å². The number of carbonyl (C=O) groups is 1. The fourth-order valence-electron chi connectivity index (χ4n) is 4.19. The summed E-state index contributed by atoms with van der Waals surface area (Å²) in [4.78, 5) is 25.4. The van der Waals surface area contributed by atoms with Crippen molar-refractivity contribution in [2.24, 2.45) is 0 Å². The van der Waals surface area contributed by atoms with Crippen LogP contribution in [0.3, 0.4) is 0 Å². The quantitative estimate of drug-likeness (QED) is 0.437. The number of methoxy groups -OCH3 is 1. The number of hydrogen-bond donors (Lipinski definition) is 2. The highest BCUT2D eigenvalue weighted by molar-refractivity contribution is 6.32. The highest BCUT2D eigenvalue weighted by Crippen LogP contribution is 2.41. The van der Waals surface area contributed by atoms with Crippen LogP contribution in [0.2, 0.25) is 5.02 Å². The van der Waals surface area contributed by atoms with Crippen LogP contribution in [0.1, 0.15) is 65.0 Å². The van der Waals surface area contributed by atoms with E-state index < -0.39 is 11.6 Å². The largest absolute Gasteiger partial charge is 0.492 e. The lowest BCUT2D eigenvalue weighted by molar-refractivity contribution is 0.172. The molecule has 3 rings (SSSR count). The maximum atomic E-state index is 13.0. The number of ether oxygens (including phenoxy) is 2. The molecule has 7 nitrogen and oxygen atoms in total. The second kappa shape index (κ2) is 11.3. The van der Waals surface area contributed by atoms with Gasteiger partial charge in [0.15, 0.2) is 0 Å². The van der Waals surface area contributed by atoms with Gasteiger partial charge in [-0.3, -0.25) is 4.79 Å². The lowest BCUT2D eigenvalue weighted by atomic mass is 9.90. The van der Waals surface area contributed by atoms with Gasteiger partial charge in [0.05, 0.1) is 17.3 Å². The number of carbonyl (C=O) groups excluding carboxylic acids is 1. The van der Waals surface area contributed by atoms with Gasteiger partial charge in [-0.1, -0.05) is 31.4 Å². The number of benzene rings is 1. The Morgan fingerprint density at radius 1 is 1.21 bits per heavy atom. The van der Waals surface area contributed by atoms with E-state index in [0.29, 0.717) is 24.0 Å². The zero-order valence-corrected chi connectivity index (χ0v) is 21.6. The standard InChI is InChI=1S/C26H36ClN3O4/c1-6-7-9-18-12-17-13-24(34-11-8-10-33-5)20(27)14-19(17)22-15-23(31)21(16-30(18)22)28-25(32)29-26(2,3)4/h13-16,18H,6-12H2,1-5H3,(H2,28,29,32). The fourth-order valence-corrected chi connectivity index (χ4v) is 4.41. The number of nitrogens with one attached hydrogen (secondary N) is 2. The zero-order valence-electron chi connectivity index (χ0n) is 20.8. The summed E-state index contributed by atoms with van der Waals surface area (Å²) in [6.45, 7) is 8.99. The number of aromatic nitrogens is 1. The maximum absolute atomic E-state index is 13.0. The molecule has 1 aromatic carbocycles. The van der Waals surface area contributed by atoms with Gasteiger partial charge in [-0.25, -0.2) is 4.79 Å². The molecule has 0 bridgehead atoms. The van der Waals surface area contributed by atoms with Crippen molar-refractivity contribution in [2.75, 3.05) is 25.6 Å². The second-order valence-corrected chi connectivity index (χ2v) is 10.2. The molecule has 0 spiro atoms. The number of rotatable bonds is 9. The number of pyridine rings is 1. The van der Waals surface area contributed by atoms with Crippen molar-refractivity contribution >= 4 is 23.3 Å². The topological polar surface area (TPSA) is 81.6 Å². The number of halogens is 1. The minimum Gasteiger partial charge on any atom is -0.492 e. The Morgan fingerprint density at radius 2 is 1.97 bits per heavy atom. The predicted molar refractivity (Wildman–Crippen MR) is 137 cm³/mol. The third kappa shape index (κ3) is 6.54. The van der Waals surface area contributed by atoms with E-state index in [9.17, 15) is 9.59 Å². The molecule has 0 saturated heterocycles. The van der Waals surface area contributed by atoms with Gasteiger partial charge in [0.2, 0.25) is 5.43 Å². The smallest absolute Gasteiger partial charge is 0.319 e. The first-order valence-corrected chi connectivity index (χ1v) is 12.3. The molecule has 2 heterocycles. The van der Waals surface area contributed by atoms with Gasteiger partial charge in [0.1, 0.15) is 11.4 Å². The number of anilines is 1. The predicted octanol–water partition coefficient (Wildman–Crippen LogP) is 5.79. The molecule has 34 heavy (non-hydrogen) atoms. The molecule has 1 aliphatic rings. The van der Waals surface area contributed by atoms with Crippen molar-refractivity contribution < 1.29 is 14.3 Å². The van der Waals surface area contributed by atoms with E-state index in [1.165, 1.54) is 0 Å². The molecular formula is C26H36ClN3O4. The van der Waals surface area contributed by atoms with Crippen LogP contribution in [-0.2, 0) is 11.2 Å². The van der Waals surface area contributed by atoms with Gasteiger partial charge >= 0.3 is 6.03 Å². The molecule has 1 aliphatic heterocycles. The van der Waals surface area contributed by atoms with Crippen LogP contribution < -0.4 is 20.8 Å². The summed E-state index contributed by atoms with van der Waals surface area (Å²) in [5, 5.41) is 6.08. The van der Waals surface area contributed by atoms with Gasteiger partial charge < -0.3 is 24.7 Å². The molecule has 2 N–H and O–H groups in total. The van der Waals surface area contributed by atoms with E-state index >= 15 is 0 Å². The normalized spacial score (nSPS) is 14.8. The number of unbranched alkanes of at least 4 members (excludes halogenated alkanes) is 1. The Labute approximate surface area is 206 Å². The summed E-state index contributed by atoms with van der Waals surface area (Å²) in [5.41, 5.74) is 2.45. The van der Waals surface area contributed by atoms with E-state index in [4.69, 9.17) is 21.1 Å². The average molecular weight is 490 g/mol. The van der Waals surface area contributed by atoms with Gasteiger partial charge in [-0.15, -0.1) is 0 Å². The Morgan fingerprint density at radius 3 is 2.65 bits per heavy atom. The first kappa shape index (κ1) is 26.1. The molecule has 0 radical (unpaired) electrons. The third-order valence-corrected chi connectivity index (χ3v) is 6.04. The minimum atomic E-state index is -0.406. The minimum absolute atomic E-state index is 0.164. The van der Waals surface area contributed by atoms with Crippen LogP contribution in [0.5, 0.6) is 5.75 Å². The van der Waals surface area contributed by atoms with Crippen molar-refractivity contribution in [1.82, 2.24) is 9.88 Å². The summed E-state index contributed by atoms with van der Waals surface area (Å²) < 4.78 is 13.1. The lowest BCUT2D eigenvalue weighted by Crippen LogP contribution is -2.43. The number of amides is 2. The first-order valence-electron chi connectivity index (χ1n) is 11.9. The van der Waals surface area contributed by atoms with E-state index in [1.807, 2.05) is 32.9 Å². The van der Waals surface area contributed by atoms with E-state index in [0.717, 1.165) is 48.9 Å². The van der Waals surface area contributed by atoms with E-state index in [2.05, 4.69) is 22.1 Å². The molecule has 186 valence electrons. The van der Waals surface area contributed by atoms with E-state index in [-0.39, 0.29) is 17.2 Å². The highest BCUT2D eigenvalue weighted by atomic mass is 35.5. The molecule has 0 fully saturated rings. The average Bonchev–Trinajstić information content (AvgIpc) is 2.75. The van der Waals surface area contributed by atoms with Crippen molar-refractivity contribution in [3.8, 4) is 17.0 Å². The number of nitrogens with zero attached hydrogens (tertiary/aromatic N) is 1.